The maximum absolute atomic E-state index is 14.1. The molecule has 0 amide bonds. The number of ether oxygens (including phenoxy) is 1. The van der Waals surface area contributed by atoms with Crippen molar-refractivity contribution in [3.8, 4) is 0 Å². The second kappa shape index (κ2) is 8.49. The molecule has 9 heteroatoms. The molecular formula is C20H19F5N2OS. The van der Waals surface area contributed by atoms with Crippen LogP contribution in [0.2, 0.25) is 0 Å². The molecule has 156 valence electrons. The SMILES string of the molecule is Fc1c(F)c(F)c(SN(Cc2cccc(N3CCOCC3)c2)C2CC2)c(F)c1F. The van der Waals surface area contributed by atoms with Gasteiger partial charge >= 0.3 is 0 Å². The topological polar surface area (TPSA) is 15.7 Å². The monoisotopic (exact) mass is 430 g/mol. The largest absolute Gasteiger partial charge is 0.378 e. The normalized spacial score (nSPS) is 17.2. The van der Waals surface area contributed by atoms with Crippen molar-refractivity contribution in [3.63, 3.8) is 0 Å². The molecule has 2 aromatic carbocycles. The lowest BCUT2D eigenvalue weighted by molar-refractivity contribution is 0.122. The zero-order valence-electron chi connectivity index (χ0n) is 15.4. The van der Waals surface area contributed by atoms with E-state index in [0.717, 1.165) is 37.2 Å². The van der Waals surface area contributed by atoms with Gasteiger partial charge in [-0.15, -0.1) is 0 Å². The summed E-state index contributed by atoms with van der Waals surface area (Å²) >= 11 is 0.589. The molecule has 2 aliphatic rings. The third-order valence-electron chi connectivity index (χ3n) is 4.96. The van der Waals surface area contributed by atoms with E-state index in [-0.39, 0.29) is 6.04 Å². The molecule has 1 heterocycles. The lowest BCUT2D eigenvalue weighted by Crippen LogP contribution is -2.36. The van der Waals surface area contributed by atoms with E-state index in [2.05, 4.69) is 4.90 Å². The highest BCUT2D eigenvalue weighted by Crippen LogP contribution is 2.40. The van der Waals surface area contributed by atoms with Crippen LogP contribution in [0.1, 0.15) is 18.4 Å². The molecule has 3 nitrogen and oxygen atoms in total. The molecule has 4 rings (SSSR count). The maximum atomic E-state index is 14.1. The van der Waals surface area contributed by atoms with Crippen LogP contribution in [0.15, 0.2) is 29.2 Å². The van der Waals surface area contributed by atoms with Crippen molar-refractivity contribution in [1.29, 1.82) is 0 Å². The van der Waals surface area contributed by atoms with E-state index in [9.17, 15) is 22.0 Å². The van der Waals surface area contributed by atoms with Gasteiger partial charge in [-0.3, -0.25) is 0 Å². The Morgan fingerprint density at radius 3 is 2.17 bits per heavy atom. The minimum atomic E-state index is -2.14. The number of anilines is 1. The van der Waals surface area contributed by atoms with Crippen molar-refractivity contribution in [2.75, 3.05) is 31.2 Å². The highest BCUT2D eigenvalue weighted by Gasteiger charge is 2.34. The van der Waals surface area contributed by atoms with Gasteiger partial charge in [0.1, 0.15) is 4.90 Å². The fourth-order valence-corrected chi connectivity index (χ4v) is 4.38. The van der Waals surface area contributed by atoms with E-state index in [1.54, 1.807) is 4.31 Å². The molecule has 1 saturated carbocycles. The molecule has 1 aliphatic heterocycles. The van der Waals surface area contributed by atoms with E-state index < -0.39 is 34.0 Å². The van der Waals surface area contributed by atoms with Crippen LogP contribution in [0.4, 0.5) is 27.6 Å². The predicted octanol–water partition coefficient (Wildman–Crippen LogP) is 4.89. The van der Waals surface area contributed by atoms with Gasteiger partial charge in [-0.1, -0.05) is 12.1 Å². The van der Waals surface area contributed by atoms with Gasteiger partial charge in [0.15, 0.2) is 23.3 Å². The molecule has 2 aromatic rings. The third kappa shape index (κ3) is 4.36. The predicted molar refractivity (Wildman–Crippen MR) is 100 cm³/mol. The molecule has 0 N–H and O–H groups in total. The summed E-state index contributed by atoms with van der Waals surface area (Å²) in [6.07, 6.45) is 1.62. The number of rotatable bonds is 6. The number of halogens is 5. The van der Waals surface area contributed by atoms with Gasteiger partial charge < -0.3 is 9.64 Å². The third-order valence-corrected chi connectivity index (χ3v) is 6.16. The van der Waals surface area contributed by atoms with E-state index in [4.69, 9.17) is 4.74 Å². The zero-order chi connectivity index (χ0) is 20.5. The van der Waals surface area contributed by atoms with Crippen LogP contribution in [-0.2, 0) is 11.3 Å². The molecule has 2 fully saturated rings. The molecule has 1 saturated heterocycles. The van der Waals surface area contributed by atoms with Gasteiger partial charge in [0.2, 0.25) is 5.82 Å². The average Bonchev–Trinajstić information content (AvgIpc) is 3.59. The van der Waals surface area contributed by atoms with Crippen molar-refractivity contribution in [3.05, 3.63) is 58.9 Å². The summed E-state index contributed by atoms with van der Waals surface area (Å²) in [5, 5.41) is 0. The minimum Gasteiger partial charge on any atom is -0.378 e. The number of hydrogen-bond acceptors (Lipinski definition) is 4. The molecular weight excluding hydrogens is 411 g/mol. The molecule has 0 radical (unpaired) electrons. The first-order valence-electron chi connectivity index (χ1n) is 9.33. The quantitative estimate of drug-likeness (QED) is 0.281. The van der Waals surface area contributed by atoms with Gasteiger partial charge in [0, 0.05) is 31.4 Å². The number of hydrogen-bond donors (Lipinski definition) is 0. The van der Waals surface area contributed by atoms with Crippen LogP contribution in [0.25, 0.3) is 0 Å². The maximum Gasteiger partial charge on any atom is 0.200 e. The Balaban J connectivity index is 1.56. The molecule has 0 bridgehead atoms. The highest BCUT2D eigenvalue weighted by atomic mass is 32.2. The minimum absolute atomic E-state index is 0.0296. The Hall–Kier alpha value is -1.84. The Labute approximate surface area is 169 Å². The Bertz CT molecular complexity index is 874. The van der Waals surface area contributed by atoms with Gasteiger partial charge in [-0.05, 0) is 42.5 Å². The fraction of sp³-hybridized carbons (Fsp3) is 0.400. The summed E-state index contributed by atoms with van der Waals surface area (Å²) in [6, 6.07) is 7.78. The van der Waals surface area contributed by atoms with E-state index in [0.29, 0.717) is 31.7 Å². The lowest BCUT2D eigenvalue weighted by atomic mass is 10.1. The van der Waals surface area contributed by atoms with Gasteiger partial charge in [0.05, 0.1) is 13.2 Å². The summed E-state index contributed by atoms with van der Waals surface area (Å²) in [5.74, 6) is -9.56. The first-order chi connectivity index (χ1) is 14.0. The summed E-state index contributed by atoms with van der Waals surface area (Å²) in [5.41, 5.74) is 1.92. The molecule has 29 heavy (non-hydrogen) atoms. The standard InChI is InChI=1S/C20H19F5N2OS/c21-15-16(22)18(24)20(19(25)17(15)23)29-27(13-4-5-13)11-12-2-1-3-14(10-12)26-6-8-28-9-7-26/h1-3,10,13H,4-9,11H2. The van der Waals surface area contributed by atoms with Gasteiger partial charge in [-0.25, -0.2) is 26.3 Å². The van der Waals surface area contributed by atoms with Crippen molar-refractivity contribution in [1.82, 2.24) is 4.31 Å². The number of nitrogens with zero attached hydrogens (tertiary/aromatic N) is 2. The molecule has 0 atom stereocenters. The first-order valence-corrected chi connectivity index (χ1v) is 10.1. The Kier molecular flexibility index (Phi) is 5.98. The van der Waals surface area contributed by atoms with Crippen LogP contribution >= 0.6 is 11.9 Å². The van der Waals surface area contributed by atoms with Crippen LogP contribution in [0, 0.1) is 29.1 Å². The van der Waals surface area contributed by atoms with Crippen molar-refractivity contribution in [2.45, 2.75) is 30.3 Å². The Morgan fingerprint density at radius 2 is 1.55 bits per heavy atom. The number of benzene rings is 2. The van der Waals surface area contributed by atoms with Crippen molar-refractivity contribution < 1.29 is 26.7 Å². The zero-order valence-corrected chi connectivity index (χ0v) is 16.3. The average molecular weight is 430 g/mol. The highest BCUT2D eigenvalue weighted by molar-refractivity contribution is 7.97. The second-order valence-corrected chi connectivity index (χ2v) is 8.13. The summed E-state index contributed by atoms with van der Waals surface area (Å²) in [4.78, 5) is 1.32. The molecule has 0 unspecified atom stereocenters. The van der Waals surface area contributed by atoms with E-state index >= 15 is 0 Å². The van der Waals surface area contributed by atoms with Crippen LogP contribution in [-0.4, -0.2) is 36.7 Å². The lowest BCUT2D eigenvalue weighted by Gasteiger charge is -2.29. The van der Waals surface area contributed by atoms with E-state index in [1.165, 1.54) is 0 Å². The summed E-state index contributed by atoms with van der Waals surface area (Å²) < 4.78 is 75.7. The van der Waals surface area contributed by atoms with Crippen LogP contribution in [0.5, 0.6) is 0 Å². The van der Waals surface area contributed by atoms with Gasteiger partial charge in [-0.2, -0.15) is 0 Å². The molecule has 0 spiro atoms. The van der Waals surface area contributed by atoms with Crippen molar-refractivity contribution in [2.24, 2.45) is 0 Å². The van der Waals surface area contributed by atoms with Crippen LogP contribution in [0.3, 0.4) is 0 Å². The fourth-order valence-electron chi connectivity index (χ4n) is 3.23. The smallest absolute Gasteiger partial charge is 0.200 e. The van der Waals surface area contributed by atoms with Crippen molar-refractivity contribution >= 4 is 17.6 Å². The number of morpholine rings is 1. The first kappa shape index (κ1) is 20.4. The van der Waals surface area contributed by atoms with E-state index in [1.807, 2.05) is 24.3 Å². The molecule has 1 aliphatic carbocycles. The molecule has 0 aromatic heterocycles. The van der Waals surface area contributed by atoms with Crippen LogP contribution < -0.4 is 4.90 Å². The Morgan fingerprint density at radius 1 is 0.931 bits per heavy atom. The summed E-state index contributed by atoms with van der Waals surface area (Å²) in [6.45, 7) is 3.17. The second-order valence-electron chi connectivity index (χ2n) is 7.07. The van der Waals surface area contributed by atoms with Gasteiger partial charge in [0.25, 0.3) is 0 Å². The summed E-state index contributed by atoms with van der Waals surface area (Å²) in [7, 11) is 0.